The zero-order chi connectivity index (χ0) is 10.3. The second kappa shape index (κ2) is 6.45. The monoisotopic (exact) mass is 184 g/mol. The molecule has 0 rings (SSSR count). The average molecular weight is 184 g/mol. The van der Waals surface area contributed by atoms with Gasteiger partial charge in [0.1, 0.15) is 0 Å². The Morgan fingerprint density at radius 1 is 1.00 bits per heavy atom. The maximum absolute atomic E-state index is 2.47. The fourth-order valence-corrected chi connectivity index (χ4v) is 2.32. The molecule has 1 atom stereocenters. The summed E-state index contributed by atoms with van der Waals surface area (Å²) in [5, 5.41) is 0. The molecule has 0 aromatic rings. The van der Waals surface area contributed by atoms with Crippen molar-refractivity contribution >= 4 is 0 Å². The molecule has 13 heavy (non-hydrogen) atoms. The van der Waals surface area contributed by atoms with E-state index in [0.717, 1.165) is 5.92 Å². The van der Waals surface area contributed by atoms with Crippen LogP contribution < -0.4 is 0 Å². The van der Waals surface area contributed by atoms with Gasteiger partial charge >= 0.3 is 0 Å². The fourth-order valence-electron chi connectivity index (χ4n) is 2.32. The van der Waals surface area contributed by atoms with Gasteiger partial charge in [0.15, 0.2) is 0 Å². The highest BCUT2D eigenvalue weighted by atomic mass is 14.3. The average Bonchev–Trinajstić information content (AvgIpc) is 2.18. The van der Waals surface area contributed by atoms with Crippen LogP contribution in [0, 0.1) is 11.3 Å². The van der Waals surface area contributed by atoms with Gasteiger partial charge in [0.2, 0.25) is 0 Å². The standard InChI is InChI=1S/C13H28/c1-6-10-11-12(7-2)13(5,8-3)9-4/h12H,6-11H2,1-5H3. The van der Waals surface area contributed by atoms with E-state index in [4.69, 9.17) is 0 Å². The Bertz CT molecular complexity index is 111. The highest BCUT2D eigenvalue weighted by molar-refractivity contribution is 4.79. The highest BCUT2D eigenvalue weighted by Gasteiger charge is 2.28. The lowest BCUT2D eigenvalue weighted by molar-refractivity contribution is 0.150. The van der Waals surface area contributed by atoms with Gasteiger partial charge in [0.05, 0.1) is 0 Å². The number of hydrogen-bond donors (Lipinski definition) is 0. The Labute approximate surface area is 85.1 Å². The van der Waals surface area contributed by atoms with Crippen LogP contribution in [0.4, 0.5) is 0 Å². The van der Waals surface area contributed by atoms with Crippen molar-refractivity contribution in [1.29, 1.82) is 0 Å². The van der Waals surface area contributed by atoms with Gasteiger partial charge in [-0.05, 0) is 17.8 Å². The fraction of sp³-hybridized carbons (Fsp3) is 1.00. The van der Waals surface area contributed by atoms with E-state index in [1.54, 1.807) is 0 Å². The third-order valence-corrected chi connectivity index (χ3v) is 4.00. The van der Waals surface area contributed by atoms with E-state index >= 15 is 0 Å². The van der Waals surface area contributed by atoms with Gasteiger partial charge in [-0.2, -0.15) is 0 Å². The maximum Gasteiger partial charge on any atom is -0.0303 e. The molecule has 0 aliphatic rings. The SMILES string of the molecule is CCCCC(CC)C(C)(CC)CC. The molecule has 0 saturated heterocycles. The minimum absolute atomic E-state index is 0.601. The van der Waals surface area contributed by atoms with Crippen LogP contribution in [0.2, 0.25) is 0 Å². The first-order chi connectivity index (χ1) is 6.14. The molecule has 80 valence electrons. The Hall–Kier alpha value is 0. The molecule has 0 heterocycles. The summed E-state index contributed by atoms with van der Waals surface area (Å²) in [7, 11) is 0. The van der Waals surface area contributed by atoms with Gasteiger partial charge in [-0.25, -0.2) is 0 Å². The summed E-state index contributed by atoms with van der Waals surface area (Å²) in [6, 6.07) is 0. The molecule has 0 heteroatoms. The third-order valence-electron chi connectivity index (χ3n) is 4.00. The topological polar surface area (TPSA) is 0 Å². The summed E-state index contributed by atoms with van der Waals surface area (Å²) in [6.45, 7) is 11.8. The molecular weight excluding hydrogens is 156 g/mol. The van der Waals surface area contributed by atoms with Crippen molar-refractivity contribution in [3.05, 3.63) is 0 Å². The van der Waals surface area contributed by atoms with E-state index in [0.29, 0.717) is 5.41 Å². The minimum atomic E-state index is 0.601. The molecule has 0 bridgehead atoms. The highest BCUT2D eigenvalue weighted by Crippen LogP contribution is 2.39. The normalized spacial score (nSPS) is 14.5. The molecule has 0 N–H and O–H groups in total. The van der Waals surface area contributed by atoms with E-state index in [-0.39, 0.29) is 0 Å². The van der Waals surface area contributed by atoms with Crippen LogP contribution in [0.25, 0.3) is 0 Å². The Kier molecular flexibility index (Phi) is 6.45. The molecule has 0 amide bonds. The van der Waals surface area contributed by atoms with E-state index in [1.165, 1.54) is 38.5 Å². The smallest absolute Gasteiger partial charge is 0.0303 e. The van der Waals surface area contributed by atoms with Gasteiger partial charge < -0.3 is 0 Å². The van der Waals surface area contributed by atoms with E-state index < -0.39 is 0 Å². The van der Waals surface area contributed by atoms with Crippen LogP contribution in [0.3, 0.4) is 0 Å². The van der Waals surface area contributed by atoms with Crippen molar-refractivity contribution in [1.82, 2.24) is 0 Å². The summed E-state index contributed by atoms with van der Waals surface area (Å²) in [5.74, 6) is 0.947. The predicted octanol–water partition coefficient (Wildman–Crippen LogP) is 5.03. The molecule has 0 aliphatic carbocycles. The van der Waals surface area contributed by atoms with E-state index in [2.05, 4.69) is 34.6 Å². The predicted molar refractivity (Wildman–Crippen MR) is 62.0 cm³/mol. The largest absolute Gasteiger partial charge is 0.0654 e. The van der Waals surface area contributed by atoms with Crippen LogP contribution >= 0.6 is 0 Å². The van der Waals surface area contributed by atoms with Crippen molar-refractivity contribution in [2.24, 2.45) is 11.3 Å². The first kappa shape index (κ1) is 13.0. The van der Waals surface area contributed by atoms with Gasteiger partial charge in [0.25, 0.3) is 0 Å². The van der Waals surface area contributed by atoms with Crippen LogP contribution in [0.5, 0.6) is 0 Å². The molecule has 0 nitrogen and oxygen atoms in total. The van der Waals surface area contributed by atoms with Gasteiger partial charge in [0, 0.05) is 0 Å². The second-order valence-corrected chi connectivity index (χ2v) is 4.61. The zero-order valence-corrected chi connectivity index (χ0v) is 10.3. The minimum Gasteiger partial charge on any atom is -0.0654 e. The van der Waals surface area contributed by atoms with Crippen LogP contribution in [-0.4, -0.2) is 0 Å². The van der Waals surface area contributed by atoms with Gasteiger partial charge in [-0.3, -0.25) is 0 Å². The van der Waals surface area contributed by atoms with Crippen molar-refractivity contribution in [2.75, 3.05) is 0 Å². The van der Waals surface area contributed by atoms with Crippen molar-refractivity contribution in [3.63, 3.8) is 0 Å². The van der Waals surface area contributed by atoms with Crippen LogP contribution in [0.1, 0.15) is 73.1 Å². The summed E-state index contributed by atoms with van der Waals surface area (Å²) in [4.78, 5) is 0. The Morgan fingerprint density at radius 3 is 1.85 bits per heavy atom. The van der Waals surface area contributed by atoms with Gasteiger partial charge in [-0.15, -0.1) is 0 Å². The van der Waals surface area contributed by atoms with Crippen molar-refractivity contribution in [2.45, 2.75) is 73.1 Å². The third kappa shape index (κ3) is 3.70. The summed E-state index contributed by atoms with van der Waals surface area (Å²) < 4.78 is 0. The first-order valence-corrected chi connectivity index (χ1v) is 6.14. The van der Waals surface area contributed by atoms with Gasteiger partial charge in [-0.1, -0.05) is 66.7 Å². The second-order valence-electron chi connectivity index (χ2n) is 4.61. The summed E-state index contributed by atoms with van der Waals surface area (Å²) in [5.41, 5.74) is 0.601. The molecule has 1 unspecified atom stereocenters. The summed E-state index contributed by atoms with van der Waals surface area (Å²) >= 11 is 0. The molecule has 0 aliphatic heterocycles. The molecule has 0 spiro atoms. The lowest BCUT2D eigenvalue weighted by Gasteiger charge is -2.36. The Balaban J connectivity index is 4.16. The zero-order valence-electron chi connectivity index (χ0n) is 10.3. The number of rotatable bonds is 7. The molecule has 0 aromatic heterocycles. The van der Waals surface area contributed by atoms with Crippen molar-refractivity contribution < 1.29 is 0 Å². The lowest BCUT2D eigenvalue weighted by Crippen LogP contribution is -2.25. The Morgan fingerprint density at radius 2 is 1.54 bits per heavy atom. The quantitative estimate of drug-likeness (QED) is 0.520. The maximum atomic E-state index is 2.47. The lowest BCUT2D eigenvalue weighted by atomic mass is 9.70. The molecule has 0 fully saturated rings. The molecular formula is C13H28. The first-order valence-electron chi connectivity index (χ1n) is 6.14. The number of hydrogen-bond acceptors (Lipinski definition) is 0. The van der Waals surface area contributed by atoms with Crippen LogP contribution in [0.15, 0.2) is 0 Å². The molecule has 0 aromatic carbocycles. The van der Waals surface area contributed by atoms with Crippen molar-refractivity contribution in [3.8, 4) is 0 Å². The van der Waals surface area contributed by atoms with E-state index in [1.807, 2.05) is 0 Å². The molecule has 0 radical (unpaired) electrons. The number of unbranched alkanes of at least 4 members (excludes halogenated alkanes) is 1. The van der Waals surface area contributed by atoms with E-state index in [9.17, 15) is 0 Å². The van der Waals surface area contributed by atoms with Crippen LogP contribution in [-0.2, 0) is 0 Å². The molecule has 0 saturated carbocycles. The summed E-state index contributed by atoms with van der Waals surface area (Å²) in [6.07, 6.45) is 8.23.